The molecule has 1 amide bonds. The zero-order valence-corrected chi connectivity index (χ0v) is 17.8. The summed E-state index contributed by atoms with van der Waals surface area (Å²) < 4.78 is 6.63. The maximum atomic E-state index is 12.3. The number of benzene rings is 1. The highest BCUT2D eigenvalue weighted by Crippen LogP contribution is 2.26. The van der Waals surface area contributed by atoms with Crippen LogP contribution in [0, 0.1) is 0 Å². The van der Waals surface area contributed by atoms with Gasteiger partial charge >= 0.3 is 0 Å². The Labute approximate surface area is 167 Å². The number of hydrogen-bond acceptors (Lipinski definition) is 2. The van der Waals surface area contributed by atoms with E-state index >= 15 is 0 Å². The molecule has 2 rings (SSSR count). The summed E-state index contributed by atoms with van der Waals surface area (Å²) in [5.41, 5.74) is 1.25. The molecule has 1 aromatic rings. The molecule has 3 nitrogen and oxygen atoms in total. The largest absolute Gasteiger partial charge is 0.483 e. The Bertz CT molecular complexity index is 535. The van der Waals surface area contributed by atoms with Crippen molar-refractivity contribution in [1.29, 1.82) is 0 Å². The van der Waals surface area contributed by atoms with E-state index in [1.807, 2.05) is 12.1 Å². The zero-order valence-electron chi connectivity index (χ0n) is 16.2. The molecule has 26 heavy (non-hydrogen) atoms. The van der Waals surface area contributed by atoms with Crippen molar-refractivity contribution in [2.45, 2.75) is 90.0 Å². The van der Waals surface area contributed by atoms with Gasteiger partial charge in [-0.25, -0.2) is 0 Å². The minimum atomic E-state index is -0.00596. The second kappa shape index (κ2) is 12.4. The van der Waals surface area contributed by atoms with E-state index in [2.05, 4.69) is 34.2 Å². The molecule has 146 valence electrons. The molecule has 0 radical (unpaired) electrons. The summed E-state index contributed by atoms with van der Waals surface area (Å²) in [6.07, 6.45) is 15.0. The highest BCUT2D eigenvalue weighted by molar-refractivity contribution is 9.10. The second-order valence-corrected chi connectivity index (χ2v) is 8.29. The summed E-state index contributed by atoms with van der Waals surface area (Å²) in [5.74, 6) is 0.726. The first-order chi connectivity index (χ1) is 12.7. The lowest BCUT2D eigenvalue weighted by molar-refractivity contribution is -0.123. The summed E-state index contributed by atoms with van der Waals surface area (Å²) in [5, 5.41) is 3.20. The molecule has 0 aromatic heterocycles. The molecule has 1 aromatic carbocycles. The van der Waals surface area contributed by atoms with Gasteiger partial charge in [0.05, 0.1) is 4.47 Å². The Balaban J connectivity index is 1.78. The fourth-order valence-corrected chi connectivity index (χ4v) is 4.14. The van der Waals surface area contributed by atoms with E-state index in [9.17, 15) is 4.79 Å². The Morgan fingerprint density at radius 3 is 2.15 bits per heavy atom. The molecule has 1 saturated carbocycles. The molecule has 0 atom stereocenters. The Hall–Kier alpha value is -1.03. The number of carbonyl (C=O) groups is 1. The average molecular weight is 424 g/mol. The van der Waals surface area contributed by atoms with Crippen LogP contribution in [-0.2, 0) is 11.2 Å². The van der Waals surface area contributed by atoms with E-state index in [1.54, 1.807) is 0 Å². The fraction of sp³-hybridized carbons (Fsp3) is 0.682. The molecular formula is C22H34BrNO2. The molecule has 0 aliphatic heterocycles. The van der Waals surface area contributed by atoms with Crippen molar-refractivity contribution >= 4 is 21.8 Å². The van der Waals surface area contributed by atoms with Gasteiger partial charge < -0.3 is 10.1 Å². The average Bonchev–Trinajstić information content (AvgIpc) is 2.63. The minimum absolute atomic E-state index is 0.00596. The molecule has 1 N–H and O–H groups in total. The molecule has 0 bridgehead atoms. The number of nitrogens with one attached hydrogen (secondary N) is 1. The molecule has 0 heterocycles. The van der Waals surface area contributed by atoms with E-state index in [0.29, 0.717) is 6.04 Å². The van der Waals surface area contributed by atoms with E-state index in [4.69, 9.17) is 4.74 Å². The standard InChI is InChI=1S/C22H34BrNO2/c1-2-18-14-15-21(20(23)16-18)26-17-22(25)24-19-12-10-8-6-4-3-5-7-9-11-13-19/h14-16,19H,2-13,17H2,1H3,(H,24,25). The maximum absolute atomic E-state index is 12.3. The number of aryl methyl sites for hydroxylation is 1. The molecule has 1 aliphatic carbocycles. The van der Waals surface area contributed by atoms with Crippen LogP contribution in [0.3, 0.4) is 0 Å². The van der Waals surface area contributed by atoms with Crippen molar-refractivity contribution in [3.8, 4) is 5.75 Å². The molecule has 0 unspecified atom stereocenters. The van der Waals surface area contributed by atoms with Gasteiger partial charge in [0.25, 0.3) is 5.91 Å². The van der Waals surface area contributed by atoms with Gasteiger partial charge in [0.1, 0.15) is 5.75 Å². The zero-order chi connectivity index (χ0) is 18.6. The van der Waals surface area contributed by atoms with Crippen LogP contribution in [0.15, 0.2) is 22.7 Å². The first-order valence-electron chi connectivity index (χ1n) is 10.4. The summed E-state index contributed by atoms with van der Waals surface area (Å²) in [6, 6.07) is 6.34. The predicted molar refractivity (Wildman–Crippen MR) is 112 cm³/mol. The topological polar surface area (TPSA) is 38.3 Å². The minimum Gasteiger partial charge on any atom is -0.483 e. The molecule has 1 fully saturated rings. The van der Waals surface area contributed by atoms with E-state index in [1.165, 1.54) is 63.4 Å². The van der Waals surface area contributed by atoms with Crippen molar-refractivity contribution in [2.75, 3.05) is 6.61 Å². The second-order valence-electron chi connectivity index (χ2n) is 7.43. The van der Waals surface area contributed by atoms with Crippen LogP contribution < -0.4 is 10.1 Å². The Kier molecular flexibility index (Phi) is 10.1. The number of rotatable bonds is 5. The molecule has 0 saturated heterocycles. The first-order valence-corrected chi connectivity index (χ1v) is 11.2. The maximum Gasteiger partial charge on any atom is 0.258 e. The summed E-state index contributed by atoms with van der Waals surface area (Å²) >= 11 is 3.53. The number of halogens is 1. The third-order valence-electron chi connectivity index (χ3n) is 5.23. The highest BCUT2D eigenvalue weighted by Gasteiger charge is 2.14. The third-order valence-corrected chi connectivity index (χ3v) is 5.85. The molecular weight excluding hydrogens is 390 g/mol. The van der Waals surface area contributed by atoms with Gasteiger partial charge in [0, 0.05) is 6.04 Å². The van der Waals surface area contributed by atoms with Crippen molar-refractivity contribution < 1.29 is 9.53 Å². The van der Waals surface area contributed by atoms with Crippen LogP contribution in [0.2, 0.25) is 0 Å². The monoisotopic (exact) mass is 423 g/mol. The Morgan fingerprint density at radius 2 is 1.62 bits per heavy atom. The lowest BCUT2D eigenvalue weighted by Crippen LogP contribution is -2.38. The van der Waals surface area contributed by atoms with Crippen LogP contribution in [0.1, 0.15) is 83.1 Å². The summed E-state index contributed by atoms with van der Waals surface area (Å²) in [4.78, 5) is 12.3. The van der Waals surface area contributed by atoms with E-state index in [0.717, 1.165) is 29.5 Å². The van der Waals surface area contributed by atoms with Crippen LogP contribution in [-0.4, -0.2) is 18.6 Å². The highest BCUT2D eigenvalue weighted by atomic mass is 79.9. The lowest BCUT2D eigenvalue weighted by atomic mass is 9.98. The predicted octanol–water partition coefficient (Wildman–Crippen LogP) is 6.18. The van der Waals surface area contributed by atoms with Crippen molar-refractivity contribution in [1.82, 2.24) is 5.32 Å². The van der Waals surface area contributed by atoms with E-state index in [-0.39, 0.29) is 12.5 Å². The van der Waals surface area contributed by atoms with Crippen LogP contribution in [0.25, 0.3) is 0 Å². The van der Waals surface area contributed by atoms with Gasteiger partial charge in [-0.1, -0.05) is 70.8 Å². The summed E-state index contributed by atoms with van der Waals surface area (Å²) in [7, 11) is 0. The number of hydrogen-bond donors (Lipinski definition) is 1. The molecule has 0 spiro atoms. The van der Waals surface area contributed by atoms with Crippen molar-refractivity contribution in [2.24, 2.45) is 0 Å². The first kappa shape index (κ1) is 21.3. The number of amides is 1. The smallest absolute Gasteiger partial charge is 0.258 e. The molecule has 1 aliphatic rings. The quantitative estimate of drug-likeness (QED) is 0.613. The van der Waals surface area contributed by atoms with Crippen LogP contribution in [0.5, 0.6) is 5.75 Å². The number of ether oxygens (including phenoxy) is 1. The third kappa shape index (κ3) is 8.11. The SMILES string of the molecule is CCc1ccc(OCC(=O)NC2CCCCCCCCCCC2)c(Br)c1. The van der Waals surface area contributed by atoms with Gasteiger partial charge in [-0.2, -0.15) is 0 Å². The Morgan fingerprint density at radius 1 is 1.04 bits per heavy atom. The lowest BCUT2D eigenvalue weighted by Gasteiger charge is -2.20. The van der Waals surface area contributed by atoms with Gasteiger partial charge in [-0.15, -0.1) is 0 Å². The van der Waals surface area contributed by atoms with Crippen LogP contribution in [0.4, 0.5) is 0 Å². The van der Waals surface area contributed by atoms with Crippen molar-refractivity contribution in [3.63, 3.8) is 0 Å². The van der Waals surface area contributed by atoms with Crippen LogP contribution >= 0.6 is 15.9 Å². The summed E-state index contributed by atoms with van der Waals surface area (Å²) in [6.45, 7) is 2.21. The molecule has 4 heteroatoms. The number of carbonyl (C=O) groups excluding carboxylic acids is 1. The van der Waals surface area contributed by atoms with Gasteiger partial charge in [0.15, 0.2) is 6.61 Å². The van der Waals surface area contributed by atoms with Gasteiger partial charge in [-0.05, 0) is 52.9 Å². The van der Waals surface area contributed by atoms with Gasteiger partial charge in [-0.3, -0.25) is 4.79 Å². The normalized spacial score (nSPS) is 17.8. The van der Waals surface area contributed by atoms with E-state index < -0.39 is 0 Å². The van der Waals surface area contributed by atoms with Crippen molar-refractivity contribution in [3.05, 3.63) is 28.2 Å². The fourth-order valence-electron chi connectivity index (χ4n) is 3.60. The van der Waals surface area contributed by atoms with Gasteiger partial charge in [0.2, 0.25) is 0 Å².